The molecule has 1 aromatic carbocycles. The van der Waals surface area contributed by atoms with Crippen LogP contribution in [0.2, 0.25) is 5.02 Å². The average molecular weight is 344 g/mol. The molecule has 0 fully saturated rings. The molecule has 1 rings (SSSR count). The highest BCUT2D eigenvalue weighted by Crippen LogP contribution is 2.45. The van der Waals surface area contributed by atoms with Crippen molar-refractivity contribution in [2.24, 2.45) is 0 Å². The topological polar surface area (TPSA) is 64.6 Å². The van der Waals surface area contributed by atoms with Gasteiger partial charge in [-0.15, -0.1) is 4.49 Å². The molecular weight excluding hydrogens is 329 g/mol. The zero-order valence-corrected chi connectivity index (χ0v) is 13.8. The molecular formula is C10H15ClNO4PS2. The summed E-state index contributed by atoms with van der Waals surface area (Å²) in [6.07, 6.45) is 0. The number of nitrogens with one attached hydrogen (secondary N) is 1. The second-order valence-electron chi connectivity index (χ2n) is 3.38. The third-order valence-corrected chi connectivity index (χ3v) is 7.45. The molecule has 0 saturated heterocycles. The average Bonchev–Trinajstić information content (AvgIpc) is 2.28. The maximum Gasteiger partial charge on any atom is 0.275 e. The number of hydrogen-bond acceptors (Lipinski definition) is 5. The van der Waals surface area contributed by atoms with Crippen molar-refractivity contribution in [3.8, 4) is 0 Å². The van der Waals surface area contributed by atoms with E-state index < -0.39 is 16.7 Å². The number of rotatable bonds is 7. The van der Waals surface area contributed by atoms with Crippen LogP contribution in [0, 0.1) is 0 Å². The molecule has 0 aliphatic rings. The molecule has 0 aromatic heterocycles. The summed E-state index contributed by atoms with van der Waals surface area (Å²) in [4.78, 5) is 0.0607. The Kier molecular flexibility index (Phi) is 6.39. The summed E-state index contributed by atoms with van der Waals surface area (Å²) < 4.78 is 37.1. The lowest BCUT2D eigenvalue weighted by Gasteiger charge is -2.21. The second-order valence-corrected chi connectivity index (χ2v) is 8.98. The quantitative estimate of drug-likeness (QED) is 0.771. The summed E-state index contributed by atoms with van der Waals surface area (Å²) in [5.41, 5.74) is 0. The fourth-order valence-electron chi connectivity index (χ4n) is 1.24. The molecule has 0 bridgehead atoms. The Balaban J connectivity index is 3.00. The normalized spacial score (nSPS) is 12.6. The van der Waals surface area contributed by atoms with Crippen LogP contribution in [0.25, 0.3) is 0 Å². The van der Waals surface area contributed by atoms with Gasteiger partial charge in [0.25, 0.3) is 6.64 Å². The molecule has 9 heteroatoms. The fraction of sp³-hybridized carbons (Fsp3) is 0.400. The molecule has 0 saturated carbocycles. The summed E-state index contributed by atoms with van der Waals surface area (Å²) >= 11 is 10.8. The molecule has 5 nitrogen and oxygen atoms in total. The molecule has 0 amide bonds. The van der Waals surface area contributed by atoms with Crippen LogP contribution in [0.5, 0.6) is 0 Å². The highest BCUT2D eigenvalue weighted by atomic mass is 35.5. The highest BCUT2D eigenvalue weighted by Gasteiger charge is 2.27. The summed E-state index contributed by atoms with van der Waals surface area (Å²) in [5.74, 6) is 0. The van der Waals surface area contributed by atoms with Gasteiger partial charge in [-0.3, -0.25) is 0 Å². The second kappa shape index (κ2) is 7.13. The van der Waals surface area contributed by atoms with Gasteiger partial charge in [-0.2, -0.15) is 0 Å². The predicted molar refractivity (Wildman–Crippen MR) is 79.3 cm³/mol. The Hall–Kier alpha value is -0.0100. The van der Waals surface area contributed by atoms with Crippen molar-refractivity contribution in [3.63, 3.8) is 0 Å². The monoisotopic (exact) mass is 343 g/mol. The summed E-state index contributed by atoms with van der Waals surface area (Å²) in [7, 11) is -3.79. The van der Waals surface area contributed by atoms with Crippen LogP contribution in [-0.4, -0.2) is 21.6 Å². The zero-order valence-electron chi connectivity index (χ0n) is 10.5. The van der Waals surface area contributed by atoms with Gasteiger partial charge in [-0.25, -0.2) is 8.42 Å². The van der Waals surface area contributed by atoms with E-state index in [-0.39, 0.29) is 18.1 Å². The molecule has 0 heterocycles. The Morgan fingerprint density at radius 3 is 2.11 bits per heavy atom. The van der Waals surface area contributed by atoms with Crippen molar-refractivity contribution >= 4 is 40.1 Å². The van der Waals surface area contributed by atoms with Crippen molar-refractivity contribution < 1.29 is 17.5 Å². The van der Waals surface area contributed by atoms with E-state index in [1.165, 1.54) is 24.3 Å². The van der Waals surface area contributed by atoms with Crippen LogP contribution in [0.1, 0.15) is 13.8 Å². The first-order chi connectivity index (χ1) is 8.83. The van der Waals surface area contributed by atoms with Crippen LogP contribution >= 0.6 is 18.2 Å². The van der Waals surface area contributed by atoms with Gasteiger partial charge in [0.1, 0.15) is 0 Å². The molecule has 0 radical (unpaired) electrons. The Morgan fingerprint density at radius 1 is 1.21 bits per heavy atom. The minimum Gasteiger partial charge on any atom is -0.318 e. The smallest absolute Gasteiger partial charge is 0.275 e. The third kappa shape index (κ3) is 5.11. The Morgan fingerprint density at radius 2 is 1.68 bits per heavy atom. The van der Waals surface area contributed by atoms with E-state index >= 15 is 0 Å². The minimum absolute atomic E-state index is 0.0607. The molecule has 1 N–H and O–H groups in total. The van der Waals surface area contributed by atoms with Crippen molar-refractivity contribution in [1.82, 2.24) is 4.49 Å². The van der Waals surface area contributed by atoms with Crippen LogP contribution in [-0.2, 0) is 30.9 Å². The predicted octanol–water partition coefficient (Wildman–Crippen LogP) is 2.92. The van der Waals surface area contributed by atoms with Gasteiger partial charge in [0.2, 0.25) is 10.0 Å². The van der Waals surface area contributed by atoms with Gasteiger partial charge < -0.3 is 9.05 Å². The summed E-state index contributed by atoms with van der Waals surface area (Å²) in [6.45, 7) is 0.911. The van der Waals surface area contributed by atoms with E-state index in [1.807, 2.05) is 0 Å². The molecule has 0 unspecified atom stereocenters. The Labute approximate surface area is 123 Å². The van der Waals surface area contributed by atoms with Gasteiger partial charge >= 0.3 is 0 Å². The standard InChI is InChI=1S/C10H15ClNO4PS2/c1-3-15-17(18,16-4-2)12-19(13,14)10-7-5-9(11)6-8-10/h5-8H,3-4H2,1-2H3,(H,12,18). The van der Waals surface area contributed by atoms with E-state index in [1.54, 1.807) is 13.8 Å². The lowest BCUT2D eigenvalue weighted by molar-refractivity contribution is 0.264. The van der Waals surface area contributed by atoms with E-state index in [2.05, 4.69) is 4.49 Å². The van der Waals surface area contributed by atoms with E-state index in [4.69, 9.17) is 32.5 Å². The first kappa shape index (κ1) is 17.0. The van der Waals surface area contributed by atoms with E-state index in [0.29, 0.717) is 5.02 Å². The molecule has 0 aliphatic carbocycles. The fourth-order valence-corrected chi connectivity index (χ4v) is 6.15. The SMILES string of the molecule is CCOP(=S)(NS(=O)(=O)c1ccc(Cl)cc1)OCC. The maximum absolute atomic E-state index is 12.2. The summed E-state index contributed by atoms with van der Waals surface area (Å²) in [5, 5.41) is 0.452. The molecule has 108 valence electrons. The lowest BCUT2D eigenvalue weighted by atomic mass is 10.4. The van der Waals surface area contributed by atoms with Crippen LogP contribution in [0.15, 0.2) is 29.2 Å². The molecule has 0 atom stereocenters. The highest BCUT2D eigenvalue weighted by molar-refractivity contribution is 8.14. The van der Waals surface area contributed by atoms with Crippen LogP contribution in [0.3, 0.4) is 0 Å². The molecule has 19 heavy (non-hydrogen) atoms. The molecule has 1 aromatic rings. The maximum atomic E-state index is 12.2. The zero-order chi connectivity index (χ0) is 14.5. The van der Waals surface area contributed by atoms with E-state index in [0.717, 1.165) is 0 Å². The number of sulfonamides is 1. The van der Waals surface area contributed by atoms with Gasteiger partial charge in [-0.05, 0) is 49.9 Å². The first-order valence-corrected chi connectivity index (χ1v) is 10.0. The van der Waals surface area contributed by atoms with Gasteiger partial charge in [0.15, 0.2) is 0 Å². The van der Waals surface area contributed by atoms with Crippen molar-refractivity contribution in [1.29, 1.82) is 0 Å². The lowest BCUT2D eigenvalue weighted by Crippen LogP contribution is -2.23. The third-order valence-electron chi connectivity index (χ3n) is 1.95. The van der Waals surface area contributed by atoms with Crippen LogP contribution in [0.4, 0.5) is 0 Å². The van der Waals surface area contributed by atoms with E-state index in [9.17, 15) is 8.42 Å². The molecule has 0 spiro atoms. The Bertz CT molecular complexity index is 551. The number of halogens is 1. The van der Waals surface area contributed by atoms with Crippen molar-refractivity contribution in [2.75, 3.05) is 13.2 Å². The first-order valence-electron chi connectivity index (χ1n) is 5.51. The van der Waals surface area contributed by atoms with Crippen LogP contribution < -0.4 is 4.49 Å². The summed E-state index contributed by atoms with van der Waals surface area (Å²) in [6, 6.07) is 5.76. The number of benzene rings is 1. The minimum atomic E-state index is -3.79. The van der Waals surface area contributed by atoms with Crippen molar-refractivity contribution in [3.05, 3.63) is 29.3 Å². The largest absolute Gasteiger partial charge is 0.318 e. The van der Waals surface area contributed by atoms with Crippen molar-refractivity contribution in [2.45, 2.75) is 18.7 Å². The van der Waals surface area contributed by atoms with Gasteiger partial charge in [0, 0.05) is 5.02 Å². The van der Waals surface area contributed by atoms with Gasteiger partial charge in [-0.1, -0.05) is 11.6 Å². The molecule has 0 aliphatic heterocycles. The van der Waals surface area contributed by atoms with Gasteiger partial charge in [0.05, 0.1) is 18.1 Å². The number of hydrogen-bond donors (Lipinski definition) is 1.